The van der Waals surface area contributed by atoms with Crippen LogP contribution in [0.3, 0.4) is 0 Å². The Morgan fingerprint density at radius 1 is 1.38 bits per heavy atom. The predicted molar refractivity (Wildman–Crippen MR) is 53.4 cm³/mol. The summed E-state index contributed by atoms with van der Waals surface area (Å²) in [6.07, 6.45) is 0. The van der Waals surface area contributed by atoms with E-state index in [1.165, 1.54) is 5.56 Å². The first kappa shape index (κ1) is 9.62. The van der Waals surface area contributed by atoms with Crippen LogP contribution in [0.5, 0.6) is 0 Å². The highest BCUT2D eigenvalue weighted by atomic mass is 15.1. The summed E-state index contributed by atoms with van der Waals surface area (Å²) in [6.45, 7) is 4.72. The monoisotopic (exact) mass is 175 g/mol. The summed E-state index contributed by atoms with van der Waals surface area (Å²) < 4.78 is 0. The largest absolute Gasteiger partial charge is 0.0893 e. The van der Waals surface area contributed by atoms with Crippen LogP contribution in [-0.4, -0.2) is 0 Å². The third-order valence-electron chi connectivity index (χ3n) is 1.98. The molecule has 0 radical (unpaired) electrons. The van der Waals surface area contributed by atoms with E-state index in [1.807, 2.05) is 18.2 Å². The smallest absolute Gasteiger partial charge is 0.0513 e. The first-order valence-electron chi connectivity index (χ1n) is 4.34. The fraction of sp³-hybridized carbons (Fsp3) is 0.400. The maximum Gasteiger partial charge on any atom is 0.0513 e. The fourth-order valence-corrected chi connectivity index (χ4v) is 1.35. The molecular formula is C10H13N3. The number of benzene rings is 1. The van der Waals surface area contributed by atoms with Crippen molar-refractivity contribution in [3.05, 3.63) is 45.8 Å². The molecule has 1 aromatic carbocycles. The highest BCUT2D eigenvalue weighted by molar-refractivity contribution is 5.29. The number of nitrogens with zero attached hydrogens (tertiary/aromatic N) is 3. The van der Waals surface area contributed by atoms with E-state index >= 15 is 0 Å². The van der Waals surface area contributed by atoms with Gasteiger partial charge >= 0.3 is 0 Å². The van der Waals surface area contributed by atoms with Crippen molar-refractivity contribution in [2.45, 2.75) is 26.3 Å². The van der Waals surface area contributed by atoms with Crippen molar-refractivity contribution < 1.29 is 0 Å². The van der Waals surface area contributed by atoms with Crippen LogP contribution in [0.4, 0.5) is 0 Å². The first-order valence-corrected chi connectivity index (χ1v) is 4.34. The van der Waals surface area contributed by atoms with Gasteiger partial charge in [-0.25, -0.2) is 0 Å². The Morgan fingerprint density at radius 2 is 2.08 bits per heavy atom. The van der Waals surface area contributed by atoms with Crippen LogP contribution in [-0.2, 0) is 6.54 Å². The van der Waals surface area contributed by atoms with E-state index in [4.69, 9.17) is 5.53 Å². The lowest BCUT2D eigenvalue weighted by Crippen LogP contribution is -1.93. The van der Waals surface area contributed by atoms with Gasteiger partial charge < -0.3 is 0 Å². The molecular weight excluding hydrogens is 162 g/mol. The van der Waals surface area contributed by atoms with Crippen molar-refractivity contribution in [2.75, 3.05) is 0 Å². The Morgan fingerprint density at radius 3 is 2.69 bits per heavy atom. The van der Waals surface area contributed by atoms with E-state index in [9.17, 15) is 0 Å². The molecule has 0 amide bonds. The maximum atomic E-state index is 8.22. The van der Waals surface area contributed by atoms with Crippen LogP contribution in [0.15, 0.2) is 29.4 Å². The molecule has 68 valence electrons. The zero-order valence-corrected chi connectivity index (χ0v) is 7.94. The van der Waals surface area contributed by atoms with E-state index in [1.54, 1.807) is 0 Å². The van der Waals surface area contributed by atoms with E-state index in [2.05, 4.69) is 29.9 Å². The molecule has 0 N–H and O–H groups in total. The molecule has 13 heavy (non-hydrogen) atoms. The summed E-state index contributed by atoms with van der Waals surface area (Å²) in [5, 5.41) is 3.57. The highest BCUT2D eigenvalue weighted by Gasteiger charge is 2.03. The van der Waals surface area contributed by atoms with Gasteiger partial charge in [0, 0.05) is 4.91 Å². The molecule has 0 heterocycles. The second-order valence-corrected chi connectivity index (χ2v) is 3.24. The van der Waals surface area contributed by atoms with E-state index in [0.717, 1.165) is 5.56 Å². The van der Waals surface area contributed by atoms with Crippen LogP contribution in [0.1, 0.15) is 30.9 Å². The summed E-state index contributed by atoms with van der Waals surface area (Å²) in [7, 11) is 0. The molecule has 3 heteroatoms. The van der Waals surface area contributed by atoms with Gasteiger partial charge in [-0.2, -0.15) is 0 Å². The summed E-state index contributed by atoms with van der Waals surface area (Å²) in [5.41, 5.74) is 10.6. The van der Waals surface area contributed by atoms with Gasteiger partial charge in [0.2, 0.25) is 0 Å². The maximum absolute atomic E-state index is 8.22. The third-order valence-corrected chi connectivity index (χ3v) is 1.98. The second-order valence-electron chi connectivity index (χ2n) is 3.24. The molecule has 0 fully saturated rings. The van der Waals surface area contributed by atoms with Gasteiger partial charge in [-0.05, 0) is 22.6 Å². The van der Waals surface area contributed by atoms with Crippen molar-refractivity contribution >= 4 is 0 Å². The molecule has 0 aliphatic carbocycles. The van der Waals surface area contributed by atoms with Crippen molar-refractivity contribution in [2.24, 2.45) is 5.11 Å². The van der Waals surface area contributed by atoms with Gasteiger partial charge in [-0.1, -0.05) is 43.2 Å². The normalized spacial score (nSPS) is 9.77. The van der Waals surface area contributed by atoms with E-state index < -0.39 is 0 Å². The lowest BCUT2D eigenvalue weighted by Gasteiger charge is -2.09. The Bertz CT molecular complexity index is 325. The van der Waals surface area contributed by atoms with Crippen molar-refractivity contribution in [3.8, 4) is 0 Å². The number of hydrogen-bond acceptors (Lipinski definition) is 1. The van der Waals surface area contributed by atoms with Crippen molar-refractivity contribution in [1.82, 2.24) is 0 Å². The van der Waals surface area contributed by atoms with E-state index in [-0.39, 0.29) is 0 Å². The molecule has 0 bridgehead atoms. The SMILES string of the molecule is CC(C)c1ccccc1CN=[N+]=[N-]. The molecule has 3 nitrogen and oxygen atoms in total. The number of rotatable bonds is 3. The van der Waals surface area contributed by atoms with Gasteiger partial charge in [0.05, 0.1) is 6.54 Å². The average Bonchev–Trinajstić information content (AvgIpc) is 2.15. The van der Waals surface area contributed by atoms with Crippen LogP contribution in [0.2, 0.25) is 0 Å². The minimum atomic E-state index is 0.449. The van der Waals surface area contributed by atoms with Gasteiger partial charge in [-0.3, -0.25) is 0 Å². The zero-order valence-electron chi connectivity index (χ0n) is 7.94. The summed E-state index contributed by atoms with van der Waals surface area (Å²) in [4.78, 5) is 2.76. The second kappa shape index (κ2) is 4.53. The highest BCUT2D eigenvalue weighted by Crippen LogP contribution is 2.19. The predicted octanol–water partition coefficient (Wildman–Crippen LogP) is 3.62. The van der Waals surface area contributed by atoms with Crippen LogP contribution < -0.4 is 0 Å². The number of hydrogen-bond donors (Lipinski definition) is 0. The molecule has 0 saturated carbocycles. The molecule has 0 spiro atoms. The summed E-state index contributed by atoms with van der Waals surface area (Å²) in [5.74, 6) is 0.477. The van der Waals surface area contributed by atoms with Crippen LogP contribution in [0.25, 0.3) is 10.4 Å². The number of azide groups is 1. The van der Waals surface area contributed by atoms with E-state index in [0.29, 0.717) is 12.5 Å². The molecule has 0 saturated heterocycles. The molecule has 0 atom stereocenters. The van der Waals surface area contributed by atoms with Gasteiger partial charge in [-0.15, -0.1) is 0 Å². The Kier molecular flexibility index (Phi) is 3.35. The van der Waals surface area contributed by atoms with Crippen molar-refractivity contribution in [1.29, 1.82) is 0 Å². The molecule has 1 aromatic rings. The van der Waals surface area contributed by atoms with Gasteiger partial charge in [0.25, 0.3) is 0 Å². The summed E-state index contributed by atoms with van der Waals surface area (Å²) in [6, 6.07) is 8.06. The zero-order chi connectivity index (χ0) is 9.68. The molecule has 1 rings (SSSR count). The van der Waals surface area contributed by atoms with Crippen molar-refractivity contribution in [3.63, 3.8) is 0 Å². The van der Waals surface area contributed by atoms with Gasteiger partial charge in [0.1, 0.15) is 0 Å². The lowest BCUT2D eigenvalue weighted by atomic mass is 9.97. The minimum absolute atomic E-state index is 0.449. The minimum Gasteiger partial charge on any atom is -0.0893 e. The van der Waals surface area contributed by atoms with Crippen LogP contribution in [0, 0.1) is 0 Å². The molecule has 0 aliphatic rings. The average molecular weight is 175 g/mol. The van der Waals surface area contributed by atoms with Gasteiger partial charge in [0.15, 0.2) is 0 Å². The standard InChI is InChI=1S/C10H13N3/c1-8(2)10-6-4-3-5-9(10)7-12-13-11/h3-6,8H,7H2,1-2H3. The molecule has 0 aromatic heterocycles. The quantitative estimate of drug-likeness (QED) is 0.382. The Balaban J connectivity index is 2.97. The molecule has 0 aliphatic heterocycles. The topological polar surface area (TPSA) is 48.8 Å². The lowest BCUT2D eigenvalue weighted by molar-refractivity contribution is 0.838. The summed E-state index contributed by atoms with van der Waals surface area (Å²) >= 11 is 0. The Hall–Kier alpha value is -1.47. The third kappa shape index (κ3) is 2.49. The Labute approximate surface area is 78.0 Å². The first-order chi connectivity index (χ1) is 6.25. The van der Waals surface area contributed by atoms with Crippen LogP contribution >= 0.6 is 0 Å². The fourth-order valence-electron chi connectivity index (χ4n) is 1.35. The molecule has 0 unspecified atom stereocenters.